The summed E-state index contributed by atoms with van der Waals surface area (Å²) in [5.41, 5.74) is 1.63. The van der Waals surface area contributed by atoms with E-state index in [1.54, 1.807) is 0 Å². The SMILES string of the molecule is O=C(OCc1ccccc1)N1[C@@H]2CC(Cl)[C@@H]([C@H]2O)N1C(=O)OCc1ccccc1. The van der Waals surface area contributed by atoms with Gasteiger partial charge in [-0.25, -0.2) is 19.6 Å². The molecule has 29 heavy (non-hydrogen) atoms. The molecule has 4 atom stereocenters. The van der Waals surface area contributed by atoms with E-state index in [-0.39, 0.29) is 13.2 Å². The van der Waals surface area contributed by atoms with Crippen LogP contribution >= 0.6 is 11.6 Å². The van der Waals surface area contributed by atoms with Crippen molar-refractivity contribution in [3.05, 3.63) is 71.8 Å². The van der Waals surface area contributed by atoms with Crippen LogP contribution in [0.2, 0.25) is 0 Å². The summed E-state index contributed by atoms with van der Waals surface area (Å²) in [5.74, 6) is 0. The lowest BCUT2D eigenvalue weighted by molar-refractivity contribution is -0.0420. The third-order valence-corrected chi connectivity index (χ3v) is 5.63. The van der Waals surface area contributed by atoms with E-state index in [9.17, 15) is 14.7 Å². The highest BCUT2D eigenvalue weighted by Gasteiger charge is 2.61. The molecule has 0 spiro atoms. The molecule has 2 aromatic rings. The minimum Gasteiger partial charge on any atom is -0.443 e. The van der Waals surface area contributed by atoms with Gasteiger partial charge in [0, 0.05) is 0 Å². The Balaban J connectivity index is 1.46. The van der Waals surface area contributed by atoms with Gasteiger partial charge in [-0.3, -0.25) is 0 Å². The van der Waals surface area contributed by atoms with Crippen molar-refractivity contribution in [3.8, 4) is 0 Å². The van der Waals surface area contributed by atoms with Gasteiger partial charge in [-0.15, -0.1) is 11.6 Å². The van der Waals surface area contributed by atoms with Crippen molar-refractivity contribution >= 4 is 23.8 Å². The predicted molar refractivity (Wildman–Crippen MR) is 105 cm³/mol. The molecule has 1 unspecified atom stereocenters. The molecule has 2 aromatic carbocycles. The number of hydrogen-bond acceptors (Lipinski definition) is 5. The fraction of sp³-hybridized carbons (Fsp3) is 0.333. The third-order valence-electron chi connectivity index (χ3n) is 5.19. The number of nitrogens with zero attached hydrogens (tertiary/aromatic N) is 2. The van der Waals surface area contributed by atoms with Crippen molar-refractivity contribution in [1.29, 1.82) is 0 Å². The van der Waals surface area contributed by atoms with Crippen molar-refractivity contribution in [1.82, 2.24) is 10.0 Å². The second-order valence-corrected chi connectivity index (χ2v) is 7.63. The first-order chi connectivity index (χ1) is 14.1. The molecule has 1 heterocycles. The van der Waals surface area contributed by atoms with Gasteiger partial charge in [0.25, 0.3) is 0 Å². The fourth-order valence-corrected chi connectivity index (χ4v) is 4.24. The predicted octanol–water partition coefficient (Wildman–Crippen LogP) is 3.30. The zero-order valence-corrected chi connectivity index (χ0v) is 16.3. The maximum atomic E-state index is 12.8. The maximum Gasteiger partial charge on any atom is 0.429 e. The van der Waals surface area contributed by atoms with Crippen LogP contribution in [0.4, 0.5) is 9.59 Å². The second kappa shape index (κ2) is 8.31. The number of aliphatic hydroxyl groups is 1. The van der Waals surface area contributed by atoms with Crippen LogP contribution in [0, 0.1) is 0 Å². The Hall–Kier alpha value is -2.77. The number of rotatable bonds is 4. The first-order valence-electron chi connectivity index (χ1n) is 9.38. The number of halogens is 1. The second-order valence-electron chi connectivity index (χ2n) is 7.07. The van der Waals surface area contributed by atoms with E-state index in [1.807, 2.05) is 60.7 Å². The minimum atomic E-state index is -0.953. The molecular formula is C21H21ClN2O5. The Morgan fingerprint density at radius 2 is 1.38 bits per heavy atom. The summed E-state index contributed by atoms with van der Waals surface area (Å²) in [6.45, 7) is 0.102. The number of hydrogen-bond donors (Lipinski definition) is 1. The van der Waals surface area contributed by atoms with Crippen LogP contribution in [0.3, 0.4) is 0 Å². The Morgan fingerprint density at radius 3 is 1.90 bits per heavy atom. The minimum absolute atomic E-state index is 0.0451. The van der Waals surface area contributed by atoms with E-state index in [1.165, 1.54) is 0 Å². The number of aliphatic hydroxyl groups excluding tert-OH is 1. The number of carbonyl (C=O) groups is 2. The van der Waals surface area contributed by atoms with Gasteiger partial charge in [-0.1, -0.05) is 60.7 Å². The number of benzene rings is 2. The van der Waals surface area contributed by atoms with Gasteiger partial charge in [0.05, 0.1) is 11.4 Å². The zero-order valence-electron chi connectivity index (χ0n) is 15.6. The molecule has 1 aliphatic heterocycles. The van der Waals surface area contributed by atoms with Crippen molar-refractivity contribution in [2.45, 2.75) is 43.2 Å². The van der Waals surface area contributed by atoms with Gasteiger partial charge in [0.1, 0.15) is 25.4 Å². The Morgan fingerprint density at radius 1 is 0.897 bits per heavy atom. The highest BCUT2D eigenvalue weighted by atomic mass is 35.5. The standard InChI is InChI=1S/C21H21ClN2O5/c22-16-11-17-19(25)18(16)24(21(27)29-13-15-9-5-2-6-10-15)23(17)20(26)28-12-14-7-3-1-4-8-14/h1-10,16-19,25H,11-13H2/t16?,17-,18+,19+/m1/s1. The van der Waals surface area contributed by atoms with Crippen LogP contribution in [0.25, 0.3) is 0 Å². The molecule has 1 N–H and O–H groups in total. The number of hydrazine groups is 1. The molecule has 2 fully saturated rings. The van der Waals surface area contributed by atoms with Crippen LogP contribution in [-0.4, -0.2) is 50.9 Å². The lowest BCUT2D eigenvalue weighted by atomic mass is 10.2. The van der Waals surface area contributed by atoms with Crippen molar-refractivity contribution in [2.24, 2.45) is 0 Å². The molecular weight excluding hydrogens is 396 g/mol. The molecule has 4 rings (SSSR count). The summed E-state index contributed by atoms with van der Waals surface area (Å²) >= 11 is 6.31. The molecule has 7 nitrogen and oxygen atoms in total. The van der Waals surface area contributed by atoms with E-state index in [0.29, 0.717) is 6.42 Å². The van der Waals surface area contributed by atoms with E-state index in [0.717, 1.165) is 21.1 Å². The maximum absolute atomic E-state index is 12.8. The Bertz CT molecular complexity index is 866. The van der Waals surface area contributed by atoms with Gasteiger partial charge in [-0.2, -0.15) is 0 Å². The van der Waals surface area contributed by atoms with Crippen LogP contribution in [0.1, 0.15) is 17.5 Å². The largest absolute Gasteiger partial charge is 0.443 e. The smallest absolute Gasteiger partial charge is 0.429 e. The first kappa shape index (κ1) is 19.5. The third kappa shape index (κ3) is 3.88. The van der Waals surface area contributed by atoms with Crippen LogP contribution in [0.5, 0.6) is 0 Å². The molecule has 0 aromatic heterocycles. The molecule has 1 saturated heterocycles. The van der Waals surface area contributed by atoms with E-state index in [2.05, 4.69) is 0 Å². The number of fused-ring (bicyclic) bond motifs is 2. The molecule has 152 valence electrons. The van der Waals surface area contributed by atoms with Crippen molar-refractivity contribution in [2.75, 3.05) is 0 Å². The van der Waals surface area contributed by atoms with Gasteiger partial charge in [0.2, 0.25) is 0 Å². The topological polar surface area (TPSA) is 79.3 Å². The number of carbonyl (C=O) groups excluding carboxylic acids is 2. The van der Waals surface area contributed by atoms with Crippen LogP contribution < -0.4 is 0 Å². The molecule has 2 bridgehead atoms. The Kier molecular flexibility index (Phi) is 5.60. The fourth-order valence-electron chi connectivity index (χ4n) is 3.80. The van der Waals surface area contributed by atoms with Gasteiger partial charge in [-0.05, 0) is 17.5 Å². The highest BCUT2D eigenvalue weighted by molar-refractivity contribution is 6.21. The monoisotopic (exact) mass is 416 g/mol. The summed E-state index contributed by atoms with van der Waals surface area (Å²) in [7, 11) is 0. The van der Waals surface area contributed by atoms with Crippen molar-refractivity contribution in [3.63, 3.8) is 0 Å². The molecule has 2 aliphatic rings. The van der Waals surface area contributed by atoms with Crippen LogP contribution in [0.15, 0.2) is 60.7 Å². The lowest BCUT2D eigenvalue weighted by Gasteiger charge is -2.37. The van der Waals surface area contributed by atoms with Crippen molar-refractivity contribution < 1.29 is 24.2 Å². The summed E-state index contributed by atoms with van der Waals surface area (Å²) in [6.07, 6.45) is -2.05. The number of ether oxygens (including phenoxy) is 2. The van der Waals surface area contributed by atoms with E-state index < -0.39 is 35.8 Å². The summed E-state index contributed by atoms with van der Waals surface area (Å²) in [4.78, 5) is 25.5. The lowest BCUT2D eigenvalue weighted by Crippen LogP contribution is -2.56. The van der Waals surface area contributed by atoms with Crippen LogP contribution in [-0.2, 0) is 22.7 Å². The zero-order chi connectivity index (χ0) is 20.4. The van der Waals surface area contributed by atoms with E-state index >= 15 is 0 Å². The van der Waals surface area contributed by atoms with E-state index in [4.69, 9.17) is 21.1 Å². The Labute approximate surface area is 173 Å². The number of alkyl halides is 1. The summed E-state index contributed by atoms with van der Waals surface area (Å²) < 4.78 is 10.7. The molecule has 1 saturated carbocycles. The summed E-state index contributed by atoms with van der Waals surface area (Å²) in [6, 6.07) is 17.0. The molecule has 1 aliphatic carbocycles. The normalized spacial score (nSPS) is 25.2. The first-order valence-corrected chi connectivity index (χ1v) is 9.82. The van der Waals surface area contributed by atoms with Gasteiger partial charge >= 0.3 is 12.2 Å². The molecule has 8 heteroatoms. The number of amides is 2. The molecule has 0 radical (unpaired) electrons. The average molecular weight is 417 g/mol. The average Bonchev–Trinajstić information content (AvgIpc) is 3.19. The molecule has 2 amide bonds. The highest BCUT2D eigenvalue weighted by Crippen LogP contribution is 2.41. The van der Waals surface area contributed by atoms with Gasteiger partial charge < -0.3 is 14.6 Å². The quantitative estimate of drug-likeness (QED) is 0.773. The van der Waals surface area contributed by atoms with Gasteiger partial charge in [0.15, 0.2) is 0 Å². The summed E-state index contributed by atoms with van der Waals surface area (Å²) in [5, 5.41) is 12.3.